The van der Waals surface area contributed by atoms with Gasteiger partial charge >= 0.3 is 0 Å². The molecule has 8 heteroatoms. The predicted molar refractivity (Wildman–Crippen MR) is 68.6 cm³/mol. The highest BCUT2D eigenvalue weighted by Crippen LogP contribution is 1.90. The molecule has 1 amide bonds. The second-order valence-corrected chi connectivity index (χ2v) is 3.71. The third-order valence-electron chi connectivity index (χ3n) is 2.55. The van der Waals surface area contributed by atoms with E-state index >= 15 is 0 Å². The summed E-state index contributed by atoms with van der Waals surface area (Å²) in [6.07, 6.45) is 5.88. The van der Waals surface area contributed by atoms with Gasteiger partial charge in [-0.25, -0.2) is 9.13 Å². The topological polar surface area (TPSA) is 95.3 Å². The van der Waals surface area contributed by atoms with Crippen LogP contribution in [0.4, 0.5) is 0 Å². The first kappa shape index (κ1) is 16.9. The Morgan fingerprint density at radius 2 is 1.84 bits per heavy atom. The second-order valence-electron chi connectivity index (χ2n) is 3.71. The van der Waals surface area contributed by atoms with Gasteiger partial charge in [0.1, 0.15) is 12.4 Å². The fourth-order valence-electron chi connectivity index (χ4n) is 1.55. The Morgan fingerprint density at radius 1 is 1.32 bits per heavy atom. The molecule has 19 heavy (non-hydrogen) atoms. The molecule has 0 bridgehead atoms. The Kier molecular flexibility index (Phi) is 7.90. The van der Waals surface area contributed by atoms with Gasteiger partial charge in [-0.1, -0.05) is 0 Å². The number of hydrogen-bond acceptors (Lipinski definition) is 4. The van der Waals surface area contributed by atoms with Gasteiger partial charge in [0.25, 0.3) is 5.91 Å². The first-order chi connectivity index (χ1) is 8.94. The van der Waals surface area contributed by atoms with Crippen molar-refractivity contribution in [2.45, 2.75) is 33.9 Å². The number of nitrogens with zero attached hydrogens (tertiary/aromatic N) is 4. The standard InChI is InChI=1S/C11H20N3O.NO3/c1-4-12-7-8-13(10-12)9-11(15)14(5-2)6-3;2-1(3)4/h7-8,10H,4-6,9H2,1-3H3;/q+1;-1. The lowest BCUT2D eigenvalue weighted by Gasteiger charge is -2.16. The maximum absolute atomic E-state index is 11.8. The quantitative estimate of drug-likeness (QED) is 0.441. The zero-order valence-electron chi connectivity index (χ0n) is 11.5. The Balaban J connectivity index is 0.000000711. The van der Waals surface area contributed by atoms with Crippen LogP contribution in [0.5, 0.6) is 0 Å². The van der Waals surface area contributed by atoms with E-state index in [-0.39, 0.29) is 5.91 Å². The Bertz CT molecular complexity index is 397. The third kappa shape index (κ3) is 7.02. The summed E-state index contributed by atoms with van der Waals surface area (Å²) in [5.74, 6) is 0.179. The highest BCUT2D eigenvalue weighted by atomic mass is 16.9. The highest BCUT2D eigenvalue weighted by molar-refractivity contribution is 5.74. The summed E-state index contributed by atoms with van der Waals surface area (Å²) in [6, 6.07) is 0. The molecule has 0 aliphatic rings. The van der Waals surface area contributed by atoms with Crippen molar-refractivity contribution in [1.82, 2.24) is 9.47 Å². The number of aromatic nitrogens is 2. The van der Waals surface area contributed by atoms with E-state index in [1.54, 1.807) is 0 Å². The van der Waals surface area contributed by atoms with Crippen molar-refractivity contribution < 1.29 is 14.4 Å². The van der Waals surface area contributed by atoms with E-state index in [0.717, 1.165) is 19.6 Å². The number of imidazole rings is 1. The monoisotopic (exact) mass is 272 g/mol. The Labute approximate surface area is 112 Å². The Morgan fingerprint density at radius 3 is 2.21 bits per heavy atom. The molecule has 1 heterocycles. The summed E-state index contributed by atoms with van der Waals surface area (Å²) in [4.78, 5) is 21.9. The second kappa shape index (κ2) is 8.90. The Hall–Kier alpha value is -2.12. The van der Waals surface area contributed by atoms with Crippen LogP contribution in [0.1, 0.15) is 20.8 Å². The van der Waals surface area contributed by atoms with Crippen LogP contribution in [0, 0.1) is 15.3 Å². The number of carbonyl (C=O) groups excluding carboxylic acids is 1. The van der Waals surface area contributed by atoms with Crippen molar-refractivity contribution in [3.8, 4) is 0 Å². The van der Waals surface area contributed by atoms with Gasteiger partial charge in [-0.3, -0.25) is 4.79 Å². The third-order valence-corrected chi connectivity index (χ3v) is 2.55. The minimum absolute atomic E-state index is 0.179. The van der Waals surface area contributed by atoms with E-state index in [0.29, 0.717) is 6.54 Å². The molecule has 0 radical (unpaired) electrons. The smallest absolute Gasteiger partial charge is 0.264 e. The van der Waals surface area contributed by atoms with Gasteiger partial charge in [0.05, 0.1) is 11.6 Å². The molecule has 8 nitrogen and oxygen atoms in total. The molecular formula is C11H20N4O4. The zero-order chi connectivity index (χ0) is 14.8. The lowest BCUT2D eigenvalue weighted by Crippen LogP contribution is -2.43. The average molecular weight is 272 g/mol. The molecule has 0 unspecified atom stereocenters. The van der Waals surface area contributed by atoms with Gasteiger partial charge in [-0.15, -0.1) is 0 Å². The fraction of sp³-hybridized carbons (Fsp3) is 0.636. The molecule has 1 rings (SSSR count). The number of hydrogen-bond donors (Lipinski definition) is 0. The summed E-state index contributed by atoms with van der Waals surface area (Å²) in [5, 5.41) is 14.8. The molecule has 0 aromatic carbocycles. The van der Waals surface area contributed by atoms with E-state index in [9.17, 15) is 4.79 Å². The number of aryl methyl sites for hydroxylation is 1. The van der Waals surface area contributed by atoms with Gasteiger partial charge in [0, 0.05) is 13.1 Å². The van der Waals surface area contributed by atoms with Crippen LogP contribution in [0.25, 0.3) is 0 Å². The average Bonchev–Trinajstić information content (AvgIpc) is 2.77. The van der Waals surface area contributed by atoms with Gasteiger partial charge in [0.15, 0.2) is 6.54 Å². The molecule has 0 N–H and O–H groups in total. The van der Waals surface area contributed by atoms with E-state index in [2.05, 4.69) is 11.5 Å². The van der Waals surface area contributed by atoms with Crippen molar-refractivity contribution >= 4 is 5.91 Å². The lowest BCUT2D eigenvalue weighted by molar-refractivity contribution is -0.684. The molecule has 0 spiro atoms. The van der Waals surface area contributed by atoms with E-state index in [4.69, 9.17) is 15.3 Å². The predicted octanol–water partition coefficient (Wildman–Crippen LogP) is 0.425. The van der Waals surface area contributed by atoms with Gasteiger partial charge < -0.3 is 20.2 Å². The maximum atomic E-state index is 11.8. The summed E-state index contributed by atoms with van der Waals surface area (Å²) in [5.41, 5.74) is 0. The van der Waals surface area contributed by atoms with Crippen molar-refractivity contribution in [1.29, 1.82) is 0 Å². The molecule has 0 saturated heterocycles. The zero-order valence-corrected chi connectivity index (χ0v) is 11.5. The molecule has 0 aliphatic carbocycles. The first-order valence-corrected chi connectivity index (χ1v) is 6.08. The first-order valence-electron chi connectivity index (χ1n) is 6.08. The van der Waals surface area contributed by atoms with E-state index in [1.807, 2.05) is 42.0 Å². The normalized spacial score (nSPS) is 9.42. The molecule has 0 fully saturated rings. The van der Waals surface area contributed by atoms with Crippen LogP contribution in [-0.4, -0.2) is 33.6 Å². The highest BCUT2D eigenvalue weighted by Gasteiger charge is 2.13. The van der Waals surface area contributed by atoms with Crippen LogP contribution >= 0.6 is 0 Å². The van der Waals surface area contributed by atoms with E-state index < -0.39 is 5.09 Å². The minimum atomic E-state index is -1.75. The number of rotatable bonds is 5. The molecule has 1 aromatic rings. The van der Waals surface area contributed by atoms with Crippen molar-refractivity contribution in [3.63, 3.8) is 0 Å². The molecule has 0 atom stereocenters. The minimum Gasteiger partial charge on any atom is -0.356 e. The van der Waals surface area contributed by atoms with Crippen LogP contribution in [0.15, 0.2) is 18.7 Å². The number of likely N-dealkylation sites (N-methyl/N-ethyl adjacent to an activating group) is 1. The van der Waals surface area contributed by atoms with Gasteiger partial charge in [-0.05, 0) is 20.8 Å². The fourth-order valence-corrected chi connectivity index (χ4v) is 1.55. The van der Waals surface area contributed by atoms with Crippen molar-refractivity contribution in [2.75, 3.05) is 13.1 Å². The molecule has 1 aromatic heterocycles. The van der Waals surface area contributed by atoms with Crippen LogP contribution in [0.3, 0.4) is 0 Å². The number of carbonyl (C=O) groups is 1. The van der Waals surface area contributed by atoms with Crippen LogP contribution < -0.4 is 4.57 Å². The summed E-state index contributed by atoms with van der Waals surface area (Å²) < 4.78 is 3.97. The molecular weight excluding hydrogens is 252 g/mol. The SMILES string of the molecule is CCN(CC)C(=O)C[n+]1ccn(CC)c1.O=[N+]([O-])[O-]. The van der Waals surface area contributed by atoms with Crippen LogP contribution in [-0.2, 0) is 17.9 Å². The largest absolute Gasteiger partial charge is 0.356 e. The van der Waals surface area contributed by atoms with Gasteiger partial charge in [0.2, 0.25) is 6.33 Å². The molecule has 0 saturated carbocycles. The summed E-state index contributed by atoms with van der Waals surface area (Å²) in [7, 11) is 0. The number of amides is 1. The maximum Gasteiger partial charge on any atom is 0.264 e. The van der Waals surface area contributed by atoms with Gasteiger partial charge in [-0.2, -0.15) is 0 Å². The van der Waals surface area contributed by atoms with Crippen molar-refractivity contribution in [2.24, 2.45) is 0 Å². The molecule has 108 valence electrons. The van der Waals surface area contributed by atoms with E-state index in [1.165, 1.54) is 0 Å². The summed E-state index contributed by atoms with van der Waals surface area (Å²) in [6.45, 7) is 9.03. The van der Waals surface area contributed by atoms with Crippen molar-refractivity contribution in [3.05, 3.63) is 34.0 Å². The molecule has 0 aliphatic heterocycles. The van der Waals surface area contributed by atoms with Crippen LogP contribution in [0.2, 0.25) is 0 Å². The lowest BCUT2D eigenvalue weighted by atomic mass is 10.4. The summed E-state index contributed by atoms with van der Waals surface area (Å²) >= 11 is 0.